The molecule has 2 heterocycles. The van der Waals surface area contributed by atoms with Gasteiger partial charge in [-0.05, 0) is 67.8 Å². The third-order valence-corrected chi connectivity index (χ3v) is 4.99. The Balaban J connectivity index is 1.44. The molecule has 0 unspecified atom stereocenters. The van der Waals surface area contributed by atoms with Gasteiger partial charge in [0.2, 0.25) is 0 Å². The van der Waals surface area contributed by atoms with Gasteiger partial charge in [0.05, 0.1) is 11.2 Å². The van der Waals surface area contributed by atoms with Gasteiger partial charge >= 0.3 is 0 Å². The lowest BCUT2D eigenvalue weighted by Gasteiger charge is -2.08. The van der Waals surface area contributed by atoms with Crippen molar-refractivity contribution in [2.24, 2.45) is 0 Å². The quantitative estimate of drug-likeness (QED) is 0.551. The Morgan fingerprint density at radius 1 is 1.18 bits per heavy atom. The topological polar surface area (TPSA) is 62.7 Å². The first-order valence-corrected chi connectivity index (χ1v) is 9.19. The minimum absolute atomic E-state index is 0.132. The second-order valence-corrected chi connectivity index (χ2v) is 6.85. The van der Waals surface area contributed by atoms with Crippen molar-refractivity contribution in [3.8, 4) is 5.69 Å². The van der Waals surface area contributed by atoms with Crippen LogP contribution in [0, 0.1) is 19.7 Å². The molecular formula is C22H21FN4O. The van der Waals surface area contributed by atoms with E-state index in [4.69, 9.17) is 0 Å². The van der Waals surface area contributed by atoms with Crippen molar-refractivity contribution >= 4 is 16.8 Å². The Labute approximate surface area is 162 Å². The average molecular weight is 376 g/mol. The SMILES string of the molecule is Cc1[nH]c2c(F)ccc(C)c2c1CCNC(=O)c1ccc(-n2cccn2)cc1. The molecule has 0 radical (unpaired) electrons. The molecule has 0 aliphatic rings. The van der Waals surface area contributed by atoms with E-state index in [9.17, 15) is 9.18 Å². The summed E-state index contributed by atoms with van der Waals surface area (Å²) in [5.41, 5.74) is 5.02. The van der Waals surface area contributed by atoms with E-state index in [0.29, 0.717) is 24.0 Å². The number of benzene rings is 2. The molecule has 0 saturated heterocycles. The molecule has 2 aromatic carbocycles. The second kappa shape index (κ2) is 7.31. The lowest BCUT2D eigenvalue weighted by Crippen LogP contribution is -2.25. The third kappa shape index (κ3) is 3.29. The molecular weight excluding hydrogens is 355 g/mol. The van der Waals surface area contributed by atoms with Crippen LogP contribution in [-0.2, 0) is 6.42 Å². The van der Waals surface area contributed by atoms with Crippen LogP contribution in [0.3, 0.4) is 0 Å². The number of aromatic amines is 1. The van der Waals surface area contributed by atoms with E-state index in [1.165, 1.54) is 6.07 Å². The molecule has 4 rings (SSSR count). The number of carbonyl (C=O) groups is 1. The van der Waals surface area contributed by atoms with Gasteiger partial charge in [-0.3, -0.25) is 4.79 Å². The lowest BCUT2D eigenvalue weighted by molar-refractivity contribution is 0.0954. The van der Waals surface area contributed by atoms with E-state index in [0.717, 1.165) is 27.9 Å². The van der Waals surface area contributed by atoms with Crippen molar-refractivity contribution in [1.29, 1.82) is 0 Å². The van der Waals surface area contributed by atoms with Crippen molar-refractivity contribution in [1.82, 2.24) is 20.1 Å². The van der Waals surface area contributed by atoms with Gasteiger partial charge in [-0.15, -0.1) is 0 Å². The van der Waals surface area contributed by atoms with E-state index in [2.05, 4.69) is 15.4 Å². The Morgan fingerprint density at radius 2 is 1.96 bits per heavy atom. The summed E-state index contributed by atoms with van der Waals surface area (Å²) in [5.74, 6) is -0.385. The van der Waals surface area contributed by atoms with Gasteiger partial charge in [0, 0.05) is 35.6 Å². The van der Waals surface area contributed by atoms with Crippen molar-refractivity contribution in [3.05, 3.63) is 83.1 Å². The summed E-state index contributed by atoms with van der Waals surface area (Å²) in [6.07, 6.45) is 4.19. The van der Waals surface area contributed by atoms with Gasteiger partial charge in [-0.25, -0.2) is 9.07 Å². The van der Waals surface area contributed by atoms with Crippen molar-refractivity contribution in [3.63, 3.8) is 0 Å². The van der Waals surface area contributed by atoms with Gasteiger partial charge in [0.15, 0.2) is 0 Å². The number of fused-ring (bicyclic) bond motifs is 1. The number of hydrogen-bond donors (Lipinski definition) is 2. The van der Waals surface area contributed by atoms with Gasteiger partial charge < -0.3 is 10.3 Å². The highest BCUT2D eigenvalue weighted by molar-refractivity contribution is 5.94. The van der Waals surface area contributed by atoms with Crippen LogP contribution in [0.5, 0.6) is 0 Å². The Morgan fingerprint density at radius 3 is 2.68 bits per heavy atom. The largest absolute Gasteiger partial charge is 0.356 e. The highest BCUT2D eigenvalue weighted by Gasteiger charge is 2.14. The molecule has 0 aliphatic heterocycles. The summed E-state index contributed by atoms with van der Waals surface area (Å²) in [6.45, 7) is 4.38. The second-order valence-electron chi connectivity index (χ2n) is 6.85. The van der Waals surface area contributed by atoms with Crippen LogP contribution in [0.4, 0.5) is 4.39 Å². The van der Waals surface area contributed by atoms with Crippen molar-refractivity contribution in [2.75, 3.05) is 6.54 Å². The lowest BCUT2D eigenvalue weighted by atomic mass is 10.0. The van der Waals surface area contributed by atoms with E-state index >= 15 is 0 Å². The van der Waals surface area contributed by atoms with Gasteiger partial charge in [-0.2, -0.15) is 5.10 Å². The maximum Gasteiger partial charge on any atom is 0.251 e. The molecule has 0 saturated carbocycles. The van der Waals surface area contributed by atoms with E-state index in [-0.39, 0.29) is 11.7 Å². The Bertz CT molecular complexity index is 1130. The standard InChI is InChI=1S/C22H21FN4O/c1-14-4-9-19(23)21-20(14)18(15(2)26-21)10-12-24-22(28)16-5-7-17(8-6-16)27-13-3-11-25-27/h3-9,11,13,26H,10,12H2,1-2H3,(H,24,28). The fourth-order valence-electron chi connectivity index (χ4n) is 3.55. The highest BCUT2D eigenvalue weighted by atomic mass is 19.1. The maximum atomic E-state index is 14.1. The number of nitrogens with one attached hydrogen (secondary N) is 2. The molecule has 0 atom stereocenters. The number of nitrogens with zero attached hydrogens (tertiary/aromatic N) is 2. The number of amides is 1. The molecule has 0 aliphatic carbocycles. The number of hydrogen-bond acceptors (Lipinski definition) is 2. The first-order chi connectivity index (χ1) is 13.5. The smallest absolute Gasteiger partial charge is 0.251 e. The van der Waals surface area contributed by atoms with E-state index in [1.807, 2.05) is 38.2 Å². The Kier molecular flexibility index (Phi) is 4.69. The molecule has 6 heteroatoms. The molecule has 4 aromatic rings. The first-order valence-electron chi connectivity index (χ1n) is 9.19. The fourth-order valence-corrected chi connectivity index (χ4v) is 3.55. The van der Waals surface area contributed by atoms with Crippen molar-refractivity contribution < 1.29 is 9.18 Å². The summed E-state index contributed by atoms with van der Waals surface area (Å²) in [7, 11) is 0. The molecule has 5 nitrogen and oxygen atoms in total. The third-order valence-electron chi connectivity index (χ3n) is 4.99. The van der Waals surface area contributed by atoms with Crippen LogP contribution in [0.1, 0.15) is 27.2 Å². The number of aryl methyl sites for hydroxylation is 2. The first kappa shape index (κ1) is 18.0. The van der Waals surface area contributed by atoms with Gasteiger partial charge in [0.1, 0.15) is 5.82 Å². The Hall–Kier alpha value is -3.41. The fraction of sp³-hybridized carbons (Fsp3) is 0.182. The zero-order valence-electron chi connectivity index (χ0n) is 15.8. The number of H-pyrrole nitrogens is 1. The number of aromatic nitrogens is 3. The predicted molar refractivity (Wildman–Crippen MR) is 107 cm³/mol. The molecule has 2 aromatic heterocycles. The number of rotatable bonds is 5. The van der Waals surface area contributed by atoms with Gasteiger partial charge in [-0.1, -0.05) is 6.07 Å². The molecule has 0 bridgehead atoms. The van der Waals surface area contributed by atoms with Crippen LogP contribution in [0.25, 0.3) is 16.6 Å². The molecule has 28 heavy (non-hydrogen) atoms. The zero-order chi connectivity index (χ0) is 19.7. The molecule has 142 valence electrons. The van der Waals surface area contributed by atoms with Crippen LogP contribution >= 0.6 is 0 Å². The van der Waals surface area contributed by atoms with Gasteiger partial charge in [0.25, 0.3) is 5.91 Å². The number of carbonyl (C=O) groups excluding carboxylic acids is 1. The van der Waals surface area contributed by atoms with Crippen LogP contribution in [0.15, 0.2) is 54.9 Å². The highest BCUT2D eigenvalue weighted by Crippen LogP contribution is 2.27. The van der Waals surface area contributed by atoms with E-state index in [1.54, 1.807) is 29.1 Å². The monoisotopic (exact) mass is 376 g/mol. The van der Waals surface area contributed by atoms with E-state index < -0.39 is 0 Å². The van der Waals surface area contributed by atoms with Crippen LogP contribution in [0.2, 0.25) is 0 Å². The molecule has 2 N–H and O–H groups in total. The number of halogens is 1. The summed E-state index contributed by atoms with van der Waals surface area (Å²) < 4.78 is 15.8. The van der Waals surface area contributed by atoms with Crippen LogP contribution < -0.4 is 5.32 Å². The molecule has 0 fully saturated rings. The summed E-state index contributed by atoms with van der Waals surface area (Å²) in [6, 6.07) is 12.4. The van der Waals surface area contributed by atoms with Crippen LogP contribution in [-0.4, -0.2) is 27.2 Å². The maximum absolute atomic E-state index is 14.1. The summed E-state index contributed by atoms with van der Waals surface area (Å²) in [5, 5.41) is 8.03. The zero-order valence-corrected chi connectivity index (χ0v) is 15.8. The molecule has 1 amide bonds. The molecule has 0 spiro atoms. The summed E-state index contributed by atoms with van der Waals surface area (Å²) in [4.78, 5) is 15.6. The minimum Gasteiger partial charge on any atom is -0.356 e. The normalized spacial score (nSPS) is 11.1. The average Bonchev–Trinajstić information content (AvgIpc) is 3.34. The minimum atomic E-state index is -0.253. The summed E-state index contributed by atoms with van der Waals surface area (Å²) >= 11 is 0. The van der Waals surface area contributed by atoms with Crippen molar-refractivity contribution in [2.45, 2.75) is 20.3 Å². The predicted octanol–water partition coefficient (Wildman–Crippen LogP) is 4.08.